The first-order chi connectivity index (χ1) is 13.2. The summed E-state index contributed by atoms with van der Waals surface area (Å²) in [6.45, 7) is 2.43. The van der Waals surface area contributed by atoms with Crippen molar-refractivity contribution in [3.8, 4) is 5.75 Å². The van der Waals surface area contributed by atoms with E-state index in [1.165, 1.54) is 34.3 Å². The molecule has 0 unspecified atom stereocenters. The molecule has 0 amide bonds. The summed E-state index contributed by atoms with van der Waals surface area (Å²) in [6, 6.07) is 4.70. The molecule has 28 heavy (non-hydrogen) atoms. The lowest BCUT2D eigenvalue weighted by atomic mass is 10.2. The van der Waals surface area contributed by atoms with Crippen molar-refractivity contribution in [2.24, 2.45) is 7.05 Å². The Kier molecular flexibility index (Phi) is 5.80. The Morgan fingerprint density at radius 2 is 1.64 bits per heavy atom. The second-order valence-corrected chi connectivity index (χ2v) is 10.5. The molecule has 0 radical (unpaired) electrons. The predicted molar refractivity (Wildman–Crippen MR) is 103 cm³/mol. The molecular weight excluding hydrogens is 404 g/mol. The number of ether oxygens (including phenoxy) is 1. The summed E-state index contributed by atoms with van der Waals surface area (Å²) < 4.78 is 61.0. The molecule has 1 saturated heterocycles. The summed E-state index contributed by atoms with van der Waals surface area (Å²) in [4.78, 5) is 4.10. The first-order valence-corrected chi connectivity index (χ1v) is 11.7. The molecule has 9 nitrogen and oxygen atoms in total. The number of methoxy groups -OCH3 is 1. The van der Waals surface area contributed by atoms with Gasteiger partial charge in [-0.2, -0.15) is 8.61 Å². The van der Waals surface area contributed by atoms with E-state index < -0.39 is 20.0 Å². The van der Waals surface area contributed by atoms with E-state index in [1.54, 1.807) is 30.7 Å². The Hall–Kier alpha value is -1.95. The first-order valence-electron chi connectivity index (χ1n) is 8.79. The number of rotatable bonds is 5. The van der Waals surface area contributed by atoms with Crippen molar-refractivity contribution in [2.45, 2.75) is 23.3 Å². The molecule has 2 aromatic rings. The molecule has 1 fully saturated rings. The fourth-order valence-corrected chi connectivity index (χ4v) is 6.16. The van der Waals surface area contributed by atoms with Gasteiger partial charge in [0.15, 0.2) is 5.03 Å². The molecule has 0 saturated carbocycles. The zero-order valence-corrected chi connectivity index (χ0v) is 17.7. The highest BCUT2D eigenvalue weighted by Crippen LogP contribution is 2.25. The maximum Gasteiger partial charge on any atom is 0.262 e. The van der Waals surface area contributed by atoms with E-state index in [-0.39, 0.29) is 36.1 Å². The lowest BCUT2D eigenvalue weighted by Gasteiger charge is -2.21. The minimum absolute atomic E-state index is 0.0305. The Morgan fingerprint density at radius 3 is 2.18 bits per heavy atom. The summed E-state index contributed by atoms with van der Waals surface area (Å²) in [5, 5.41) is -0.0305. The van der Waals surface area contributed by atoms with Gasteiger partial charge in [0.25, 0.3) is 10.0 Å². The molecule has 154 valence electrons. The van der Waals surface area contributed by atoms with Crippen molar-refractivity contribution in [1.29, 1.82) is 0 Å². The molecule has 1 aliphatic heterocycles. The maximum atomic E-state index is 13.0. The highest BCUT2D eigenvalue weighted by atomic mass is 32.2. The summed E-state index contributed by atoms with van der Waals surface area (Å²) >= 11 is 0. The average Bonchev–Trinajstić information content (AvgIpc) is 2.93. The van der Waals surface area contributed by atoms with Gasteiger partial charge in [-0.05, 0) is 37.1 Å². The van der Waals surface area contributed by atoms with Crippen molar-refractivity contribution in [1.82, 2.24) is 18.2 Å². The van der Waals surface area contributed by atoms with Crippen molar-refractivity contribution in [3.05, 3.63) is 36.3 Å². The number of aryl methyl sites for hydroxylation is 2. The number of hydrogen-bond acceptors (Lipinski definition) is 6. The Balaban J connectivity index is 1.80. The Bertz CT molecular complexity index is 1060. The van der Waals surface area contributed by atoms with Crippen molar-refractivity contribution in [2.75, 3.05) is 33.3 Å². The molecule has 3 rings (SSSR count). The van der Waals surface area contributed by atoms with Gasteiger partial charge in [0.1, 0.15) is 5.75 Å². The lowest BCUT2D eigenvalue weighted by Crippen LogP contribution is -2.37. The topological polar surface area (TPSA) is 102 Å². The van der Waals surface area contributed by atoms with Gasteiger partial charge in [0.2, 0.25) is 10.0 Å². The highest BCUT2D eigenvalue weighted by Gasteiger charge is 2.32. The fourth-order valence-electron chi connectivity index (χ4n) is 3.17. The third-order valence-corrected chi connectivity index (χ3v) is 8.38. The largest absolute Gasteiger partial charge is 0.496 e. The first kappa shape index (κ1) is 20.8. The van der Waals surface area contributed by atoms with Gasteiger partial charge in [-0.3, -0.25) is 0 Å². The molecule has 0 bridgehead atoms. The molecule has 1 aromatic carbocycles. The SMILES string of the molecule is COc1ccc(S(=O)(=O)N2CCCN(S(=O)(=O)c3cn(C)cn3)CC2)cc1C. The number of benzene rings is 1. The van der Waals surface area contributed by atoms with Crippen molar-refractivity contribution < 1.29 is 21.6 Å². The third kappa shape index (κ3) is 3.93. The second kappa shape index (κ2) is 7.82. The van der Waals surface area contributed by atoms with Crippen molar-refractivity contribution in [3.63, 3.8) is 0 Å². The van der Waals surface area contributed by atoms with E-state index in [0.29, 0.717) is 12.2 Å². The van der Waals surface area contributed by atoms with Crippen LogP contribution in [0.15, 0.2) is 40.6 Å². The summed E-state index contributed by atoms with van der Waals surface area (Å²) in [7, 11) is -4.25. The van der Waals surface area contributed by atoms with Gasteiger partial charge in [-0.1, -0.05) is 0 Å². The van der Waals surface area contributed by atoms with Gasteiger partial charge >= 0.3 is 0 Å². The fraction of sp³-hybridized carbons (Fsp3) is 0.471. The summed E-state index contributed by atoms with van der Waals surface area (Å²) in [5.41, 5.74) is 0.720. The number of hydrogen-bond donors (Lipinski definition) is 0. The molecule has 0 atom stereocenters. The number of imidazole rings is 1. The monoisotopic (exact) mass is 428 g/mol. The van der Waals surface area contributed by atoms with Crippen molar-refractivity contribution >= 4 is 20.0 Å². The standard InChI is InChI=1S/C17H24N4O5S2/c1-14-11-15(5-6-16(14)26-3)27(22,23)20-7-4-8-21(10-9-20)28(24,25)17-12-19(2)13-18-17/h5-6,11-13H,4,7-10H2,1-3H3. The average molecular weight is 429 g/mol. The molecule has 0 spiro atoms. The van der Waals surface area contributed by atoms with E-state index in [9.17, 15) is 16.8 Å². The Labute approximate surface area is 165 Å². The van der Waals surface area contributed by atoms with Crippen LogP contribution in [-0.2, 0) is 27.1 Å². The summed E-state index contributed by atoms with van der Waals surface area (Å²) in [5.74, 6) is 0.613. The van der Waals surface area contributed by atoms with Crippen LogP contribution in [0.5, 0.6) is 5.75 Å². The molecule has 2 heterocycles. The van der Waals surface area contributed by atoms with Gasteiger partial charge in [-0.15, -0.1) is 0 Å². The van der Waals surface area contributed by atoms with Crippen LogP contribution in [-0.4, -0.2) is 68.3 Å². The molecule has 1 aromatic heterocycles. The van der Waals surface area contributed by atoms with Gasteiger partial charge in [0, 0.05) is 39.4 Å². The Morgan fingerprint density at radius 1 is 1.00 bits per heavy atom. The van der Waals surface area contributed by atoms with E-state index in [2.05, 4.69) is 4.98 Å². The molecular formula is C17H24N4O5S2. The van der Waals surface area contributed by atoms with Gasteiger partial charge in [0.05, 0.1) is 18.3 Å². The molecule has 11 heteroatoms. The molecule has 0 N–H and O–H groups in total. The van der Waals surface area contributed by atoms with E-state index in [4.69, 9.17) is 4.74 Å². The van der Waals surface area contributed by atoms with Crippen LogP contribution in [0.1, 0.15) is 12.0 Å². The number of sulfonamides is 2. The van der Waals surface area contributed by atoms with Crippen LogP contribution in [0.3, 0.4) is 0 Å². The minimum atomic E-state index is -3.75. The number of aromatic nitrogens is 2. The quantitative estimate of drug-likeness (QED) is 0.699. The van der Waals surface area contributed by atoms with E-state index >= 15 is 0 Å². The minimum Gasteiger partial charge on any atom is -0.496 e. The lowest BCUT2D eigenvalue weighted by molar-refractivity contribution is 0.402. The van der Waals surface area contributed by atoms with Crippen LogP contribution in [0.2, 0.25) is 0 Å². The van der Waals surface area contributed by atoms with E-state index in [0.717, 1.165) is 5.56 Å². The number of nitrogens with zero attached hydrogens (tertiary/aromatic N) is 4. The van der Waals surface area contributed by atoms with Gasteiger partial charge in [-0.25, -0.2) is 21.8 Å². The van der Waals surface area contributed by atoms with Crippen LogP contribution in [0, 0.1) is 6.92 Å². The van der Waals surface area contributed by atoms with Gasteiger partial charge < -0.3 is 9.30 Å². The van der Waals surface area contributed by atoms with Crippen LogP contribution >= 0.6 is 0 Å². The summed E-state index contributed by atoms with van der Waals surface area (Å²) in [6.07, 6.45) is 3.27. The van der Waals surface area contributed by atoms with Crippen LogP contribution < -0.4 is 4.74 Å². The molecule has 0 aliphatic carbocycles. The zero-order chi connectivity index (χ0) is 20.5. The van der Waals surface area contributed by atoms with Crippen LogP contribution in [0.25, 0.3) is 0 Å². The third-order valence-electron chi connectivity index (χ3n) is 4.70. The highest BCUT2D eigenvalue weighted by molar-refractivity contribution is 7.89. The maximum absolute atomic E-state index is 13.0. The smallest absolute Gasteiger partial charge is 0.262 e. The second-order valence-electron chi connectivity index (χ2n) is 6.67. The van der Waals surface area contributed by atoms with Crippen LogP contribution in [0.4, 0.5) is 0 Å². The normalized spacial score (nSPS) is 17.4. The molecule has 1 aliphatic rings. The zero-order valence-electron chi connectivity index (χ0n) is 16.1. The van der Waals surface area contributed by atoms with E-state index in [1.807, 2.05) is 0 Å². The predicted octanol–water partition coefficient (Wildman–Crippen LogP) is 0.822.